The van der Waals surface area contributed by atoms with Gasteiger partial charge in [-0.15, -0.1) is 0 Å². The van der Waals surface area contributed by atoms with Gasteiger partial charge in [-0.3, -0.25) is 14.4 Å². The van der Waals surface area contributed by atoms with Crippen LogP contribution in [0.2, 0.25) is 0 Å². The standard InChI is InChI=1S/C18H23F2N3O3/c1-9-3-4-22-18(26)16(21)15(9)17(25)10(2)23-14(24)7-11-5-12(19)8-13(20)6-11/h5-6,8-10,15-16H,3-4,7,21H2,1-2H3,(H,22,26)(H,23,24)/t9?,10-,15?,16?/m0/s1. The Labute approximate surface area is 150 Å². The van der Waals surface area contributed by atoms with E-state index in [9.17, 15) is 23.2 Å². The van der Waals surface area contributed by atoms with E-state index in [4.69, 9.17) is 5.73 Å². The summed E-state index contributed by atoms with van der Waals surface area (Å²) in [6.45, 7) is 3.80. The van der Waals surface area contributed by atoms with E-state index >= 15 is 0 Å². The zero-order valence-electron chi connectivity index (χ0n) is 14.7. The summed E-state index contributed by atoms with van der Waals surface area (Å²) in [5.41, 5.74) is 6.08. The molecule has 1 aromatic rings. The van der Waals surface area contributed by atoms with Gasteiger partial charge in [0.25, 0.3) is 0 Å². The van der Waals surface area contributed by atoms with Crippen LogP contribution in [-0.2, 0) is 20.8 Å². The number of Topliss-reactive ketones (excluding diaryl/α,β-unsaturated/α-hetero) is 1. The van der Waals surface area contributed by atoms with Crippen LogP contribution in [0.1, 0.15) is 25.8 Å². The van der Waals surface area contributed by atoms with E-state index in [1.54, 1.807) is 0 Å². The minimum absolute atomic E-state index is 0.117. The second-order valence-electron chi connectivity index (χ2n) is 6.75. The lowest BCUT2D eigenvalue weighted by atomic mass is 9.81. The number of amides is 2. The second-order valence-corrected chi connectivity index (χ2v) is 6.75. The van der Waals surface area contributed by atoms with Crippen molar-refractivity contribution in [2.24, 2.45) is 17.6 Å². The Kier molecular flexibility index (Phi) is 6.42. The number of benzene rings is 1. The summed E-state index contributed by atoms with van der Waals surface area (Å²) in [6, 6.07) is 0.987. The zero-order valence-corrected chi connectivity index (χ0v) is 14.7. The lowest BCUT2D eigenvalue weighted by Gasteiger charge is -2.27. The molecule has 6 nitrogen and oxygen atoms in total. The molecule has 2 rings (SSSR count). The third-order valence-electron chi connectivity index (χ3n) is 4.62. The number of rotatable bonds is 5. The maximum Gasteiger partial charge on any atom is 0.237 e. The van der Waals surface area contributed by atoms with Gasteiger partial charge in [0.1, 0.15) is 11.6 Å². The monoisotopic (exact) mass is 367 g/mol. The SMILES string of the molecule is CC1CCNC(=O)C(N)C1C(=O)[C@H](C)NC(=O)Cc1cc(F)cc(F)c1. The molecule has 142 valence electrons. The number of nitrogens with two attached hydrogens (primary N) is 1. The van der Waals surface area contributed by atoms with Crippen LogP contribution < -0.4 is 16.4 Å². The Morgan fingerprint density at radius 3 is 2.54 bits per heavy atom. The lowest BCUT2D eigenvalue weighted by molar-refractivity contribution is -0.133. The highest BCUT2D eigenvalue weighted by Gasteiger charge is 2.39. The van der Waals surface area contributed by atoms with Gasteiger partial charge >= 0.3 is 0 Å². The average Bonchev–Trinajstić information content (AvgIpc) is 2.64. The van der Waals surface area contributed by atoms with Crippen LogP contribution in [0.5, 0.6) is 0 Å². The molecule has 0 spiro atoms. The fourth-order valence-corrected chi connectivity index (χ4v) is 3.25. The average molecular weight is 367 g/mol. The van der Waals surface area contributed by atoms with Crippen molar-refractivity contribution in [1.29, 1.82) is 0 Å². The van der Waals surface area contributed by atoms with Crippen molar-refractivity contribution in [1.82, 2.24) is 10.6 Å². The Bertz CT molecular complexity index is 691. The number of carbonyl (C=O) groups is 3. The quantitative estimate of drug-likeness (QED) is 0.712. The van der Waals surface area contributed by atoms with Crippen molar-refractivity contribution in [3.63, 3.8) is 0 Å². The highest BCUT2D eigenvalue weighted by molar-refractivity contribution is 5.96. The number of nitrogens with one attached hydrogen (secondary N) is 2. The molecule has 1 aliphatic rings. The Morgan fingerprint density at radius 2 is 1.92 bits per heavy atom. The number of carbonyl (C=O) groups excluding carboxylic acids is 3. The van der Waals surface area contributed by atoms with Gasteiger partial charge in [0.2, 0.25) is 11.8 Å². The summed E-state index contributed by atoms with van der Waals surface area (Å²) < 4.78 is 26.4. The zero-order chi connectivity index (χ0) is 19.4. The van der Waals surface area contributed by atoms with Crippen molar-refractivity contribution in [2.75, 3.05) is 6.54 Å². The van der Waals surface area contributed by atoms with Crippen LogP contribution >= 0.6 is 0 Å². The molecule has 0 radical (unpaired) electrons. The van der Waals surface area contributed by atoms with Crippen molar-refractivity contribution >= 4 is 17.6 Å². The molecule has 4 N–H and O–H groups in total. The molecule has 1 saturated heterocycles. The molecule has 0 aliphatic carbocycles. The predicted molar refractivity (Wildman–Crippen MR) is 90.9 cm³/mol. The van der Waals surface area contributed by atoms with Crippen molar-refractivity contribution in [3.05, 3.63) is 35.4 Å². The fourth-order valence-electron chi connectivity index (χ4n) is 3.25. The van der Waals surface area contributed by atoms with E-state index in [-0.39, 0.29) is 29.6 Å². The van der Waals surface area contributed by atoms with Crippen molar-refractivity contribution < 1.29 is 23.2 Å². The van der Waals surface area contributed by atoms with Gasteiger partial charge in [-0.2, -0.15) is 0 Å². The van der Waals surface area contributed by atoms with Gasteiger partial charge in [-0.25, -0.2) is 8.78 Å². The summed E-state index contributed by atoms with van der Waals surface area (Å²) in [5, 5.41) is 5.18. The second kappa shape index (κ2) is 8.35. The summed E-state index contributed by atoms with van der Waals surface area (Å²) in [4.78, 5) is 36.7. The first-order chi connectivity index (χ1) is 12.2. The molecule has 1 aliphatic heterocycles. The lowest BCUT2D eigenvalue weighted by Crippen LogP contribution is -2.52. The molecule has 0 bridgehead atoms. The molecule has 8 heteroatoms. The molecule has 0 saturated carbocycles. The van der Waals surface area contributed by atoms with Gasteiger partial charge in [0.05, 0.1) is 18.5 Å². The van der Waals surface area contributed by atoms with Gasteiger partial charge < -0.3 is 16.4 Å². The first-order valence-electron chi connectivity index (χ1n) is 8.50. The molecule has 26 heavy (non-hydrogen) atoms. The number of halogens is 2. The van der Waals surface area contributed by atoms with E-state index < -0.39 is 35.5 Å². The maximum absolute atomic E-state index is 13.2. The van der Waals surface area contributed by atoms with Gasteiger partial charge in [0, 0.05) is 18.5 Å². The molecule has 3 unspecified atom stereocenters. The molecular weight excluding hydrogens is 344 g/mol. The third kappa shape index (κ3) is 4.85. The first kappa shape index (κ1) is 20.0. The normalized spacial score (nSPS) is 24.3. The Hall–Kier alpha value is -2.35. The van der Waals surface area contributed by atoms with E-state index in [2.05, 4.69) is 10.6 Å². The Balaban J connectivity index is 2.03. The summed E-state index contributed by atoms with van der Waals surface area (Å²) in [5.74, 6) is -3.65. The minimum atomic E-state index is -0.975. The summed E-state index contributed by atoms with van der Waals surface area (Å²) in [7, 11) is 0. The van der Waals surface area contributed by atoms with E-state index in [1.807, 2.05) is 6.92 Å². The smallest absolute Gasteiger partial charge is 0.237 e. The van der Waals surface area contributed by atoms with Gasteiger partial charge in [-0.1, -0.05) is 6.92 Å². The molecule has 4 atom stereocenters. The molecular formula is C18H23F2N3O3. The summed E-state index contributed by atoms with van der Waals surface area (Å²) in [6.07, 6.45) is 0.345. The van der Waals surface area contributed by atoms with Crippen LogP contribution in [0, 0.1) is 23.5 Å². The minimum Gasteiger partial charge on any atom is -0.355 e. The number of ketones is 1. The maximum atomic E-state index is 13.2. The van der Waals surface area contributed by atoms with Crippen LogP contribution in [-0.4, -0.2) is 36.2 Å². The van der Waals surface area contributed by atoms with Crippen molar-refractivity contribution in [2.45, 2.75) is 38.8 Å². The number of hydrogen-bond donors (Lipinski definition) is 3. The van der Waals surface area contributed by atoms with E-state index in [1.165, 1.54) is 6.92 Å². The van der Waals surface area contributed by atoms with Crippen LogP contribution in [0.15, 0.2) is 18.2 Å². The fraction of sp³-hybridized carbons (Fsp3) is 0.500. The molecule has 1 aromatic carbocycles. The van der Waals surface area contributed by atoms with E-state index in [0.29, 0.717) is 19.0 Å². The van der Waals surface area contributed by atoms with Crippen LogP contribution in [0.3, 0.4) is 0 Å². The molecule has 0 aromatic heterocycles. The molecule has 1 heterocycles. The highest BCUT2D eigenvalue weighted by Crippen LogP contribution is 2.23. The van der Waals surface area contributed by atoms with Crippen molar-refractivity contribution in [3.8, 4) is 0 Å². The van der Waals surface area contributed by atoms with Crippen LogP contribution in [0.4, 0.5) is 8.78 Å². The molecule has 1 fully saturated rings. The first-order valence-corrected chi connectivity index (χ1v) is 8.50. The highest BCUT2D eigenvalue weighted by atomic mass is 19.1. The van der Waals surface area contributed by atoms with Crippen LogP contribution in [0.25, 0.3) is 0 Å². The Morgan fingerprint density at radius 1 is 1.31 bits per heavy atom. The molecule has 2 amide bonds. The summed E-state index contributed by atoms with van der Waals surface area (Å²) >= 11 is 0. The third-order valence-corrected chi connectivity index (χ3v) is 4.62. The topological polar surface area (TPSA) is 101 Å². The van der Waals surface area contributed by atoms with E-state index in [0.717, 1.165) is 12.1 Å². The van der Waals surface area contributed by atoms with Gasteiger partial charge in [0.15, 0.2) is 5.78 Å². The van der Waals surface area contributed by atoms with Gasteiger partial charge in [-0.05, 0) is 37.0 Å². The predicted octanol–water partition coefficient (Wildman–Crippen LogP) is 0.681. The number of hydrogen-bond acceptors (Lipinski definition) is 4. The largest absolute Gasteiger partial charge is 0.355 e.